The molecule has 1 aromatic heterocycles. The molecule has 1 aliphatic rings. The minimum atomic E-state index is -0.471. The lowest BCUT2D eigenvalue weighted by Crippen LogP contribution is -2.26. The molecule has 94 valence electrons. The van der Waals surface area contributed by atoms with Crippen LogP contribution in [0.3, 0.4) is 0 Å². The van der Waals surface area contributed by atoms with Crippen LogP contribution in [0.5, 0.6) is 0 Å². The third-order valence-electron chi connectivity index (χ3n) is 2.88. The Morgan fingerprint density at radius 1 is 1.67 bits per heavy atom. The van der Waals surface area contributed by atoms with Crippen molar-refractivity contribution in [1.82, 2.24) is 9.88 Å². The molecule has 2 rings (SSSR count). The van der Waals surface area contributed by atoms with E-state index in [9.17, 15) is 10.1 Å². The van der Waals surface area contributed by atoms with Crippen LogP contribution in [0, 0.1) is 21.4 Å². The first-order valence-corrected chi connectivity index (χ1v) is 5.65. The number of pyridine rings is 1. The lowest BCUT2D eigenvalue weighted by molar-refractivity contribution is -0.385. The zero-order chi connectivity index (χ0) is 13.0. The summed E-state index contributed by atoms with van der Waals surface area (Å²) in [4.78, 5) is 16.1. The molecule has 0 aromatic carbocycles. The van der Waals surface area contributed by atoms with Crippen molar-refractivity contribution in [3.63, 3.8) is 0 Å². The number of nitriles is 1. The quantitative estimate of drug-likeness (QED) is 0.484. The number of nitrogens with zero attached hydrogens (tertiary/aromatic N) is 4. The van der Waals surface area contributed by atoms with Gasteiger partial charge in [0, 0.05) is 25.2 Å². The molecule has 0 saturated carbocycles. The van der Waals surface area contributed by atoms with Crippen LogP contribution in [0.15, 0.2) is 18.3 Å². The Kier molecular flexibility index (Phi) is 3.69. The Morgan fingerprint density at radius 3 is 3.11 bits per heavy atom. The van der Waals surface area contributed by atoms with Gasteiger partial charge in [0.1, 0.15) is 12.0 Å². The van der Waals surface area contributed by atoms with E-state index in [0.29, 0.717) is 12.4 Å². The Hall–Kier alpha value is -2.20. The Balaban J connectivity index is 1.91. The molecule has 0 spiro atoms. The van der Waals surface area contributed by atoms with Crippen LogP contribution in [0.2, 0.25) is 0 Å². The van der Waals surface area contributed by atoms with Gasteiger partial charge in [0.15, 0.2) is 0 Å². The Bertz CT molecular complexity index is 467. The number of hydrogen-bond donors (Lipinski definition) is 1. The average Bonchev–Trinajstić information content (AvgIpc) is 2.78. The van der Waals surface area contributed by atoms with E-state index in [0.717, 1.165) is 19.5 Å². The standard InChI is InChI=1S/C11H13N5O2/c12-4-6-15-5-3-9(8-15)14-11-2-1-10(7-13-11)16(17)18/h1-2,7,9H,3,5-6,8H2,(H,13,14). The van der Waals surface area contributed by atoms with Crippen molar-refractivity contribution in [2.24, 2.45) is 0 Å². The summed E-state index contributed by atoms with van der Waals surface area (Å²) < 4.78 is 0. The first-order chi connectivity index (χ1) is 8.69. The van der Waals surface area contributed by atoms with Crippen LogP contribution in [0.1, 0.15) is 6.42 Å². The van der Waals surface area contributed by atoms with E-state index in [4.69, 9.17) is 5.26 Å². The summed E-state index contributed by atoms with van der Waals surface area (Å²) in [6.45, 7) is 2.12. The number of anilines is 1. The van der Waals surface area contributed by atoms with Crippen molar-refractivity contribution < 1.29 is 4.92 Å². The summed E-state index contributed by atoms with van der Waals surface area (Å²) >= 11 is 0. The largest absolute Gasteiger partial charge is 0.366 e. The smallest absolute Gasteiger partial charge is 0.287 e. The van der Waals surface area contributed by atoms with E-state index in [1.807, 2.05) is 0 Å². The van der Waals surface area contributed by atoms with E-state index in [1.165, 1.54) is 12.3 Å². The van der Waals surface area contributed by atoms with E-state index in [1.54, 1.807) is 6.07 Å². The van der Waals surface area contributed by atoms with Crippen molar-refractivity contribution in [2.45, 2.75) is 12.5 Å². The van der Waals surface area contributed by atoms with Gasteiger partial charge in [-0.2, -0.15) is 5.26 Å². The number of rotatable bonds is 4. The van der Waals surface area contributed by atoms with Crippen LogP contribution >= 0.6 is 0 Å². The predicted octanol–water partition coefficient (Wildman–Crippen LogP) is 1.000. The normalized spacial score (nSPS) is 19.4. The SMILES string of the molecule is N#CCN1CCC(Nc2ccc([N+](=O)[O-])cn2)C1. The molecule has 18 heavy (non-hydrogen) atoms. The van der Waals surface area contributed by atoms with Gasteiger partial charge in [0.05, 0.1) is 17.5 Å². The van der Waals surface area contributed by atoms with E-state index >= 15 is 0 Å². The summed E-state index contributed by atoms with van der Waals surface area (Å²) in [5, 5.41) is 22.3. The molecule has 0 radical (unpaired) electrons. The van der Waals surface area contributed by atoms with Crippen molar-refractivity contribution in [3.05, 3.63) is 28.4 Å². The molecule has 1 N–H and O–H groups in total. The molecular weight excluding hydrogens is 234 g/mol. The van der Waals surface area contributed by atoms with Crippen molar-refractivity contribution in [1.29, 1.82) is 5.26 Å². The van der Waals surface area contributed by atoms with Gasteiger partial charge in [-0.05, 0) is 12.5 Å². The highest BCUT2D eigenvalue weighted by atomic mass is 16.6. The highest BCUT2D eigenvalue weighted by molar-refractivity contribution is 5.41. The fourth-order valence-electron chi connectivity index (χ4n) is 1.98. The van der Waals surface area contributed by atoms with E-state index in [-0.39, 0.29) is 11.7 Å². The zero-order valence-electron chi connectivity index (χ0n) is 9.74. The summed E-state index contributed by atoms with van der Waals surface area (Å²) in [5.41, 5.74) is -0.0157. The van der Waals surface area contributed by atoms with E-state index in [2.05, 4.69) is 21.3 Å². The molecule has 1 unspecified atom stereocenters. The zero-order valence-corrected chi connectivity index (χ0v) is 9.74. The first kappa shape index (κ1) is 12.3. The van der Waals surface area contributed by atoms with Gasteiger partial charge in [0.2, 0.25) is 0 Å². The second-order valence-corrected chi connectivity index (χ2v) is 4.18. The molecule has 7 nitrogen and oxygen atoms in total. The van der Waals surface area contributed by atoms with Gasteiger partial charge in [-0.15, -0.1) is 0 Å². The maximum atomic E-state index is 10.5. The van der Waals surface area contributed by atoms with Crippen LogP contribution < -0.4 is 5.32 Å². The monoisotopic (exact) mass is 247 g/mol. The van der Waals surface area contributed by atoms with Gasteiger partial charge in [-0.1, -0.05) is 0 Å². The summed E-state index contributed by atoms with van der Waals surface area (Å²) in [6, 6.07) is 5.39. The van der Waals surface area contributed by atoms with Gasteiger partial charge < -0.3 is 5.32 Å². The molecule has 2 heterocycles. The summed E-state index contributed by atoms with van der Waals surface area (Å²) in [7, 11) is 0. The van der Waals surface area contributed by atoms with Gasteiger partial charge in [-0.3, -0.25) is 15.0 Å². The molecule has 1 aliphatic heterocycles. The Morgan fingerprint density at radius 2 is 2.50 bits per heavy atom. The molecule has 1 atom stereocenters. The molecule has 1 saturated heterocycles. The molecule has 1 fully saturated rings. The minimum absolute atomic E-state index is 0.0157. The number of nitrogens with one attached hydrogen (secondary N) is 1. The van der Waals surface area contributed by atoms with Crippen LogP contribution in [0.25, 0.3) is 0 Å². The second kappa shape index (κ2) is 5.42. The third-order valence-corrected chi connectivity index (χ3v) is 2.88. The molecular formula is C11H13N5O2. The highest BCUT2D eigenvalue weighted by Crippen LogP contribution is 2.16. The predicted molar refractivity (Wildman–Crippen MR) is 65.0 cm³/mol. The molecule has 1 aromatic rings. The number of hydrogen-bond acceptors (Lipinski definition) is 6. The lowest BCUT2D eigenvalue weighted by Gasteiger charge is -2.13. The molecule has 0 bridgehead atoms. The third kappa shape index (κ3) is 2.93. The van der Waals surface area contributed by atoms with Crippen LogP contribution in [-0.4, -0.2) is 40.5 Å². The van der Waals surface area contributed by atoms with Gasteiger partial charge in [0.25, 0.3) is 5.69 Å². The van der Waals surface area contributed by atoms with Crippen molar-refractivity contribution in [2.75, 3.05) is 25.0 Å². The molecule has 0 amide bonds. The molecule has 0 aliphatic carbocycles. The van der Waals surface area contributed by atoms with E-state index < -0.39 is 4.92 Å². The number of aromatic nitrogens is 1. The lowest BCUT2D eigenvalue weighted by atomic mass is 10.2. The van der Waals surface area contributed by atoms with Crippen molar-refractivity contribution in [3.8, 4) is 6.07 Å². The maximum Gasteiger partial charge on any atom is 0.287 e. The fourth-order valence-corrected chi connectivity index (χ4v) is 1.98. The van der Waals surface area contributed by atoms with Crippen LogP contribution in [0.4, 0.5) is 11.5 Å². The highest BCUT2D eigenvalue weighted by Gasteiger charge is 2.22. The topological polar surface area (TPSA) is 95.1 Å². The minimum Gasteiger partial charge on any atom is -0.366 e. The number of nitro groups is 1. The molecule has 7 heteroatoms. The fraction of sp³-hybridized carbons (Fsp3) is 0.455. The summed E-state index contributed by atoms with van der Waals surface area (Å²) in [6.07, 6.45) is 2.19. The van der Waals surface area contributed by atoms with Gasteiger partial charge in [-0.25, -0.2) is 4.98 Å². The second-order valence-electron chi connectivity index (χ2n) is 4.18. The van der Waals surface area contributed by atoms with Crippen molar-refractivity contribution >= 4 is 11.5 Å². The Labute approximate surface area is 104 Å². The average molecular weight is 247 g/mol. The first-order valence-electron chi connectivity index (χ1n) is 5.65. The van der Waals surface area contributed by atoms with Crippen LogP contribution in [-0.2, 0) is 0 Å². The maximum absolute atomic E-state index is 10.5. The van der Waals surface area contributed by atoms with Gasteiger partial charge >= 0.3 is 0 Å². The number of likely N-dealkylation sites (tertiary alicyclic amines) is 1. The summed E-state index contributed by atoms with van der Waals surface area (Å²) in [5.74, 6) is 0.629.